The van der Waals surface area contributed by atoms with E-state index < -0.39 is 17.9 Å². The van der Waals surface area contributed by atoms with Gasteiger partial charge in [0, 0.05) is 17.9 Å². The summed E-state index contributed by atoms with van der Waals surface area (Å²) in [6.07, 6.45) is 16.8. The average molecular weight is 489 g/mol. The summed E-state index contributed by atoms with van der Waals surface area (Å²) < 4.78 is 0. The number of carbonyl (C=O) groups is 3. The third-order valence-corrected chi connectivity index (χ3v) is 4.45. The smallest absolute Gasteiger partial charge is 0.550 e. The fraction of sp³-hybridized carbons (Fsp3) is 0.875. The Hall–Kier alpha value is -1.08. The second-order valence-electron chi connectivity index (χ2n) is 7.61. The van der Waals surface area contributed by atoms with Crippen molar-refractivity contribution in [2.24, 2.45) is 0 Å². The van der Waals surface area contributed by atoms with E-state index in [1.165, 1.54) is 38.5 Å². The summed E-state index contributed by atoms with van der Waals surface area (Å²) in [6, 6.07) is 0. The van der Waals surface area contributed by atoms with Crippen LogP contribution < -0.4 is 15.3 Å². The Morgan fingerprint density at radius 1 is 0.419 bits per heavy atom. The van der Waals surface area contributed by atoms with Crippen LogP contribution in [-0.2, 0) is 31.2 Å². The topological polar surface area (TPSA) is 120 Å². The summed E-state index contributed by atoms with van der Waals surface area (Å²) in [5, 5.41) is 29.8. The molecule has 0 aromatic rings. The van der Waals surface area contributed by atoms with Crippen LogP contribution >= 0.6 is 0 Å². The minimum Gasteiger partial charge on any atom is -0.550 e. The molecule has 0 rings (SSSR count). The van der Waals surface area contributed by atoms with E-state index in [1.807, 2.05) is 0 Å². The molecule has 0 aliphatic rings. The first-order valence-corrected chi connectivity index (χ1v) is 11.9. The van der Waals surface area contributed by atoms with Crippen LogP contribution in [0.3, 0.4) is 0 Å². The van der Waals surface area contributed by atoms with Crippen LogP contribution in [0.15, 0.2) is 0 Å². The molecule has 0 aromatic heterocycles. The molecule has 186 valence electrons. The predicted octanol–water partition coefficient (Wildman–Crippen LogP) is 3.29. The summed E-state index contributed by atoms with van der Waals surface area (Å²) in [4.78, 5) is 29.8. The molecule has 0 fully saturated rings. The largest absolute Gasteiger partial charge is 3.00 e. The van der Waals surface area contributed by atoms with E-state index in [4.69, 9.17) is 0 Å². The van der Waals surface area contributed by atoms with Crippen molar-refractivity contribution >= 4 is 17.9 Å². The maximum Gasteiger partial charge on any atom is 3.00 e. The van der Waals surface area contributed by atoms with Gasteiger partial charge in [-0.3, -0.25) is 0 Å². The molecule has 0 radical (unpaired) electrons. The van der Waals surface area contributed by atoms with Gasteiger partial charge in [0.05, 0.1) is 0 Å². The molecule has 0 spiro atoms. The quantitative estimate of drug-likeness (QED) is 0.273. The summed E-state index contributed by atoms with van der Waals surface area (Å²) >= 11 is 0. The zero-order valence-electron chi connectivity index (χ0n) is 20.0. The van der Waals surface area contributed by atoms with Crippen LogP contribution in [0.25, 0.3) is 0 Å². The van der Waals surface area contributed by atoms with Crippen molar-refractivity contribution in [3.05, 3.63) is 0 Å². The minimum absolute atomic E-state index is 0. The number of aliphatic carboxylic acids is 3. The van der Waals surface area contributed by atoms with Crippen molar-refractivity contribution in [1.29, 1.82) is 0 Å². The van der Waals surface area contributed by atoms with E-state index >= 15 is 0 Å². The third-order valence-electron chi connectivity index (χ3n) is 4.45. The Balaban J connectivity index is -0.000000174. The maximum absolute atomic E-state index is 9.92. The number of hydrogen-bond donors (Lipinski definition) is 0. The molecule has 0 saturated heterocycles. The van der Waals surface area contributed by atoms with Crippen LogP contribution in [0.2, 0.25) is 0 Å². The fourth-order valence-corrected chi connectivity index (χ4v) is 2.62. The van der Waals surface area contributed by atoms with Crippen molar-refractivity contribution in [3.63, 3.8) is 0 Å². The van der Waals surface area contributed by atoms with Gasteiger partial charge in [-0.2, -0.15) is 0 Å². The standard InChI is InChI=1S/3C8H16O2.Co/c3*1-2-3-4-5-6-7-8(9)10;/h3*2-7H2,1H3,(H,9,10);/q;;;+3/p-3. The van der Waals surface area contributed by atoms with Crippen molar-refractivity contribution in [2.45, 2.75) is 136 Å². The van der Waals surface area contributed by atoms with Crippen LogP contribution in [0.4, 0.5) is 0 Å². The molecular formula is C24H45CoO6. The molecule has 0 aliphatic carbocycles. The Morgan fingerprint density at radius 3 is 0.774 bits per heavy atom. The zero-order chi connectivity index (χ0) is 23.5. The van der Waals surface area contributed by atoms with Crippen LogP contribution in [0.5, 0.6) is 0 Å². The van der Waals surface area contributed by atoms with Crippen LogP contribution in [0.1, 0.15) is 136 Å². The second-order valence-corrected chi connectivity index (χ2v) is 7.61. The number of hydrogen-bond acceptors (Lipinski definition) is 6. The third kappa shape index (κ3) is 52.8. The molecule has 0 aliphatic heterocycles. The van der Waals surface area contributed by atoms with Gasteiger partial charge in [-0.15, -0.1) is 0 Å². The van der Waals surface area contributed by atoms with Gasteiger partial charge < -0.3 is 29.7 Å². The number of carbonyl (C=O) groups excluding carboxylic acids is 3. The number of carboxylic acids is 3. The van der Waals surface area contributed by atoms with Crippen LogP contribution in [0, 0.1) is 0 Å². The Kier molecular flexibility index (Phi) is 40.3. The molecule has 0 unspecified atom stereocenters. The van der Waals surface area contributed by atoms with E-state index in [-0.39, 0.29) is 36.0 Å². The average Bonchev–Trinajstić information content (AvgIpc) is 2.68. The van der Waals surface area contributed by atoms with Gasteiger partial charge in [0.2, 0.25) is 0 Å². The Bertz CT molecular complexity index is 331. The molecule has 0 N–H and O–H groups in total. The first-order chi connectivity index (χ1) is 14.3. The van der Waals surface area contributed by atoms with E-state index in [2.05, 4.69) is 20.8 Å². The van der Waals surface area contributed by atoms with Crippen LogP contribution in [-0.4, -0.2) is 17.9 Å². The van der Waals surface area contributed by atoms with Crippen molar-refractivity contribution in [1.82, 2.24) is 0 Å². The van der Waals surface area contributed by atoms with E-state index in [9.17, 15) is 29.7 Å². The summed E-state index contributed by atoms with van der Waals surface area (Å²) in [7, 11) is 0. The fourth-order valence-electron chi connectivity index (χ4n) is 2.62. The van der Waals surface area contributed by atoms with Gasteiger partial charge in [0.15, 0.2) is 0 Å². The van der Waals surface area contributed by atoms with E-state index in [1.54, 1.807) is 0 Å². The van der Waals surface area contributed by atoms with Gasteiger partial charge in [-0.1, -0.05) is 97.8 Å². The Labute approximate surface area is 200 Å². The first-order valence-electron chi connectivity index (χ1n) is 11.9. The number of carboxylic acid groups (broad SMARTS) is 3. The zero-order valence-corrected chi connectivity index (χ0v) is 21.1. The molecular weight excluding hydrogens is 443 g/mol. The van der Waals surface area contributed by atoms with Crippen molar-refractivity contribution in [2.75, 3.05) is 0 Å². The monoisotopic (exact) mass is 488 g/mol. The SMILES string of the molecule is CCCCCCCC(=O)[O-].CCCCCCCC(=O)[O-].CCCCCCCC(=O)[O-].[Co+3]. The van der Waals surface area contributed by atoms with Gasteiger partial charge in [0.25, 0.3) is 0 Å². The Morgan fingerprint density at radius 2 is 0.613 bits per heavy atom. The molecule has 31 heavy (non-hydrogen) atoms. The number of rotatable bonds is 18. The van der Waals surface area contributed by atoms with Gasteiger partial charge in [-0.25, -0.2) is 0 Å². The predicted molar refractivity (Wildman–Crippen MR) is 115 cm³/mol. The summed E-state index contributed by atoms with van der Waals surface area (Å²) in [5.74, 6) is -2.76. The molecule has 0 atom stereocenters. The normalized spacial score (nSPS) is 9.39. The molecule has 0 saturated carbocycles. The molecule has 0 aromatic carbocycles. The summed E-state index contributed by atoms with van der Waals surface area (Å²) in [6.45, 7) is 6.41. The van der Waals surface area contributed by atoms with Gasteiger partial charge in [-0.05, 0) is 38.5 Å². The summed E-state index contributed by atoms with van der Waals surface area (Å²) in [5.41, 5.74) is 0. The van der Waals surface area contributed by atoms with Crippen molar-refractivity contribution in [3.8, 4) is 0 Å². The van der Waals surface area contributed by atoms with Gasteiger partial charge in [0.1, 0.15) is 0 Å². The molecule has 0 heterocycles. The van der Waals surface area contributed by atoms with Crippen molar-refractivity contribution < 1.29 is 46.5 Å². The molecule has 7 heteroatoms. The van der Waals surface area contributed by atoms with E-state index in [0.717, 1.165) is 57.8 Å². The second kappa shape index (κ2) is 33.6. The van der Waals surface area contributed by atoms with Gasteiger partial charge >= 0.3 is 16.8 Å². The maximum atomic E-state index is 9.92. The molecule has 6 nitrogen and oxygen atoms in total. The minimum atomic E-state index is -0.920. The number of unbranched alkanes of at least 4 members (excludes halogenated alkanes) is 12. The first kappa shape index (κ1) is 37.2. The van der Waals surface area contributed by atoms with E-state index in [0.29, 0.717) is 0 Å². The molecule has 0 bridgehead atoms. The molecule has 0 amide bonds.